The number of anilines is 2. The number of benzene rings is 3. The van der Waals surface area contributed by atoms with E-state index in [1.165, 1.54) is 22.5 Å². The summed E-state index contributed by atoms with van der Waals surface area (Å²) >= 11 is 0. The van der Waals surface area contributed by atoms with Gasteiger partial charge < -0.3 is 24.6 Å². The third-order valence-corrected chi connectivity index (χ3v) is 10.5. The molecule has 0 unspecified atom stereocenters. The number of para-hydroxylation sites is 1. The minimum atomic E-state index is -4.01. The number of nitrogens with zero attached hydrogens (tertiary/aromatic N) is 5. The fourth-order valence-corrected chi connectivity index (χ4v) is 7.76. The normalized spacial score (nSPS) is 18.0. The monoisotopic (exact) mass is 662 g/mol. The van der Waals surface area contributed by atoms with Gasteiger partial charge in [-0.05, 0) is 73.5 Å². The van der Waals surface area contributed by atoms with Crippen LogP contribution in [0, 0.1) is 11.6 Å². The number of halogens is 2. The Labute approximate surface area is 270 Å². The summed E-state index contributed by atoms with van der Waals surface area (Å²) in [5, 5.41) is 2.88. The van der Waals surface area contributed by atoms with E-state index >= 15 is 0 Å². The van der Waals surface area contributed by atoms with Gasteiger partial charge in [0.2, 0.25) is 28.7 Å². The lowest BCUT2D eigenvalue weighted by atomic mass is 10.1. The predicted molar refractivity (Wildman–Crippen MR) is 170 cm³/mol. The molecule has 1 atom stereocenters. The van der Waals surface area contributed by atoms with E-state index in [1.54, 1.807) is 18.2 Å². The lowest BCUT2D eigenvalue weighted by Gasteiger charge is -2.36. The van der Waals surface area contributed by atoms with E-state index in [0.29, 0.717) is 73.5 Å². The summed E-state index contributed by atoms with van der Waals surface area (Å²) in [6.45, 7) is 2.55. The van der Waals surface area contributed by atoms with Gasteiger partial charge in [0, 0.05) is 38.3 Å². The molecule has 0 saturated carbocycles. The zero-order chi connectivity index (χ0) is 32.5. The lowest BCUT2D eigenvalue weighted by molar-refractivity contribution is -0.124. The van der Waals surface area contributed by atoms with Crippen molar-refractivity contribution >= 4 is 27.6 Å². The van der Waals surface area contributed by atoms with Crippen LogP contribution in [0.15, 0.2) is 77.7 Å². The third-order valence-electron chi connectivity index (χ3n) is 8.56. The highest BCUT2D eigenvalue weighted by molar-refractivity contribution is 7.89. The number of amides is 1. The van der Waals surface area contributed by atoms with E-state index in [-0.39, 0.29) is 30.6 Å². The molecular weight excluding hydrogens is 630 g/mol. The number of hydrogen-bond donors (Lipinski definition) is 1. The van der Waals surface area contributed by atoms with Crippen LogP contribution in [0.1, 0.15) is 18.5 Å². The van der Waals surface area contributed by atoms with Gasteiger partial charge in [0.1, 0.15) is 17.7 Å². The van der Waals surface area contributed by atoms with E-state index < -0.39 is 27.8 Å². The number of fused-ring (bicyclic) bond motifs is 1. The second kappa shape index (κ2) is 12.8. The van der Waals surface area contributed by atoms with Crippen molar-refractivity contribution in [2.24, 2.45) is 0 Å². The van der Waals surface area contributed by atoms with E-state index in [2.05, 4.69) is 5.32 Å². The molecule has 0 spiro atoms. The van der Waals surface area contributed by atoms with E-state index in [1.807, 2.05) is 34.1 Å². The first-order valence-electron chi connectivity index (χ1n) is 15.3. The summed E-state index contributed by atoms with van der Waals surface area (Å²) in [7, 11) is -4.01. The Bertz CT molecular complexity index is 1900. The predicted octanol–water partition coefficient (Wildman–Crippen LogP) is 3.95. The van der Waals surface area contributed by atoms with Gasteiger partial charge in [0.05, 0.1) is 28.5 Å². The van der Waals surface area contributed by atoms with Crippen LogP contribution in [0.25, 0.3) is 11.3 Å². The topological polar surface area (TPSA) is 117 Å². The average Bonchev–Trinajstić information content (AvgIpc) is 3.78. The molecule has 2 fully saturated rings. The van der Waals surface area contributed by atoms with Gasteiger partial charge in [0.25, 0.3) is 0 Å². The number of carbonyl (C=O) groups excluding carboxylic acids is 1. The van der Waals surface area contributed by atoms with Crippen molar-refractivity contribution in [3.05, 3.63) is 90.1 Å². The second-order valence-electron chi connectivity index (χ2n) is 11.5. The van der Waals surface area contributed by atoms with Crippen LogP contribution in [0.2, 0.25) is 0 Å². The summed E-state index contributed by atoms with van der Waals surface area (Å²) in [5.41, 5.74) is 2.45. The Morgan fingerprint density at radius 1 is 0.872 bits per heavy atom. The maximum atomic E-state index is 14.5. The van der Waals surface area contributed by atoms with Crippen LogP contribution in [0.5, 0.6) is 11.5 Å². The first-order chi connectivity index (χ1) is 22.8. The summed E-state index contributed by atoms with van der Waals surface area (Å²) in [4.78, 5) is 27.0. The Morgan fingerprint density at radius 2 is 1.62 bits per heavy atom. The van der Waals surface area contributed by atoms with Crippen LogP contribution in [-0.4, -0.2) is 74.2 Å². The maximum Gasteiger partial charge on any atom is 0.243 e. The van der Waals surface area contributed by atoms with Crippen molar-refractivity contribution in [3.63, 3.8) is 0 Å². The molecule has 11 nitrogen and oxygen atoms in total. The first kappa shape index (κ1) is 30.8. The number of aromatic nitrogens is 2. The Balaban J connectivity index is 1.11. The summed E-state index contributed by atoms with van der Waals surface area (Å²) < 4.78 is 66.8. The molecule has 14 heteroatoms. The molecule has 47 heavy (non-hydrogen) atoms. The van der Waals surface area contributed by atoms with Gasteiger partial charge in [-0.25, -0.2) is 27.2 Å². The first-order valence-corrected chi connectivity index (χ1v) is 16.8. The fourth-order valence-electron chi connectivity index (χ4n) is 6.10. The van der Waals surface area contributed by atoms with Crippen LogP contribution in [0.4, 0.5) is 20.4 Å². The highest BCUT2D eigenvalue weighted by atomic mass is 32.2. The highest BCUT2D eigenvalue weighted by Gasteiger charge is 2.39. The molecule has 1 amide bonds. The molecule has 3 aliphatic heterocycles. The lowest BCUT2D eigenvalue weighted by Crippen LogP contribution is -2.47. The van der Waals surface area contributed by atoms with Crippen molar-refractivity contribution in [2.45, 2.75) is 30.3 Å². The van der Waals surface area contributed by atoms with E-state index in [0.717, 1.165) is 17.7 Å². The van der Waals surface area contributed by atoms with Gasteiger partial charge >= 0.3 is 0 Å². The standard InChI is InChI=1S/C33H32F2N6O5S/c34-23-8-10-25(11-9-23)47(43,44)41-13-3-6-29(41)32(42)36-20-24-19-27(22-7-12-30-31(18-22)46-21-45-30)38-33(37-24)40-16-14-39(15-17-40)28-5-2-1-4-26(28)35/h1-2,4-5,7-12,18-19,29H,3,6,13-17,20-21H2,(H,36,42)/t29-/m0/s1. The van der Waals surface area contributed by atoms with Gasteiger partial charge in [-0.2, -0.15) is 4.31 Å². The van der Waals surface area contributed by atoms with Gasteiger partial charge in [-0.15, -0.1) is 0 Å². The fraction of sp³-hybridized carbons (Fsp3) is 0.303. The molecule has 2 saturated heterocycles. The number of sulfonamides is 1. The van der Waals surface area contributed by atoms with Gasteiger partial charge in [-0.3, -0.25) is 4.79 Å². The summed E-state index contributed by atoms with van der Waals surface area (Å²) in [6.07, 6.45) is 0.874. The molecule has 4 heterocycles. The molecular formula is C33H32F2N6O5S. The molecule has 1 N–H and O–H groups in total. The van der Waals surface area contributed by atoms with Crippen molar-refractivity contribution in [2.75, 3.05) is 49.3 Å². The molecule has 7 rings (SSSR count). The smallest absolute Gasteiger partial charge is 0.243 e. The number of hydrogen-bond acceptors (Lipinski definition) is 9. The van der Waals surface area contributed by atoms with E-state index in [9.17, 15) is 22.0 Å². The second-order valence-corrected chi connectivity index (χ2v) is 13.4. The van der Waals surface area contributed by atoms with Crippen LogP contribution < -0.4 is 24.6 Å². The van der Waals surface area contributed by atoms with Gasteiger partial charge in [-0.1, -0.05) is 12.1 Å². The number of rotatable bonds is 8. The zero-order valence-electron chi connectivity index (χ0n) is 25.3. The molecule has 1 aromatic heterocycles. The van der Waals surface area contributed by atoms with Crippen molar-refractivity contribution in [1.29, 1.82) is 0 Å². The SMILES string of the molecule is O=C(NCc1cc(-c2ccc3c(c2)OCO3)nc(N2CCN(c3ccccc3F)CC2)n1)[C@@H]1CCCN1S(=O)(=O)c1ccc(F)cc1. The summed E-state index contributed by atoms with van der Waals surface area (Å²) in [5.74, 6) is 0.425. The molecule has 0 aliphatic carbocycles. The molecule has 244 valence electrons. The molecule has 3 aliphatic rings. The number of ether oxygens (including phenoxy) is 2. The number of piperazine rings is 1. The molecule has 3 aromatic carbocycles. The van der Waals surface area contributed by atoms with E-state index in [4.69, 9.17) is 19.4 Å². The number of carbonyl (C=O) groups is 1. The van der Waals surface area contributed by atoms with Crippen molar-refractivity contribution in [1.82, 2.24) is 19.6 Å². The Hall–Kier alpha value is -4.82. The maximum absolute atomic E-state index is 14.5. The largest absolute Gasteiger partial charge is 0.454 e. The third kappa shape index (κ3) is 6.30. The average molecular weight is 663 g/mol. The number of nitrogens with one attached hydrogen (secondary N) is 1. The Morgan fingerprint density at radius 3 is 2.40 bits per heavy atom. The summed E-state index contributed by atoms with van der Waals surface area (Å²) in [6, 6.07) is 17.6. The Kier molecular flexibility index (Phi) is 8.37. The molecule has 0 bridgehead atoms. The van der Waals surface area contributed by atoms with Crippen LogP contribution >= 0.6 is 0 Å². The molecule has 0 radical (unpaired) electrons. The van der Waals surface area contributed by atoms with Crippen molar-refractivity contribution in [3.8, 4) is 22.8 Å². The van der Waals surface area contributed by atoms with Crippen molar-refractivity contribution < 1.29 is 31.5 Å². The molecule has 4 aromatic rings. The van der Waals surface area contributed by atoms with Crippen LogP contribution in [0.3, 0.4) is 0 Å². The minimum Gasteiger partial charge on any atom is -0.454 e. The highest BCUT2D eigenvalue weighted by Crippen LogP contribution is 2.36. The quantitative estimate of drug-likeness (QED) is 0.300. The minimum absolute atomic E-state index is 0.0298. The zero-order valence-corrected chi connectivity index (χ0v) is 26.1. The van der Waals surface area contributed by atoms with Gasteiger partial charge in [0.15, 0.2) is 11.5 Å². The van der Waals surface area contributed by atoms with Crippen LogP contribution in [-0.2, 0) is 21.4 Å².